The van der Waals surface area contributed by atoms with Crippen molar-refractivity contribution in [2.24, 2.45) is 5.92 Å². The highest BCUT2D eigenvalue weighted by molar-refractivity contribution is 5.60. The lowest BCUT2D eigenvalue weighted by Gasteiger charge is -2.52. The maximum atomic E-state index is 11.6. The van der Waals surface area contributed by atoms with Gasteiger partial charge in [-0.25, -0.2) is 0 Å². The average molecular weight is 308 g/mol. The third kappa shape index (κ3) is 2.01. The predicted octanol–water partition coefficient (Wildman–Crippen LogP) is 3.44. The minimum atomic E-state index is -0.991. The summed E-state index contributed by atoms with van der Waals surface area (Å²) in [5.41, 5.74) is 1.95. The first-order chi connectivity index (χ1) is 11.2. The minimum Gasteiger partial charge on any atom is -0.384 e. The molecule has 0 unspecified atom stereocenters. The zero-order valence-corrected chi connectivity index (χ0v) is 13.1. The fraction of sp³-hybridized carbons (Fsp3) is 0.300. The van der Waals surface area contributed by atoms with Crippen molar-refractivity contribution in [2.75, 3.05) is 13.7 Å². The summed E-state index contributed by atoms with van der Waals surface area (Å²) in [6.45, 7) is 0.442. The summed E-state index contributed by atoms with van der Waals surface area (Å²) < 4.78 is 12.0. The Morgan fingerprint density at radius 3 is 2.61 bits per heavy atom. The summed E-state index contributed by atoms with van der Waals surface area (Å²) in [6.07, 6.45) is 4.63. The van der Waals surface area contributed by atoms with Gasteiger partial charge in [-0.2, -0.15) is 0 Å². The molecule has 3 heteroatoms. The molecule has 0 bridgehead atoms. The number of rotatable bonds is 2. The quantitative estimate of drug-likeness (QED) is 0.923. The van der Waals surface area contributed by atoms with Gasteiger partial charge in [-0.3, -0.25) is 0 Å². The van der Waals surface area contributed by atoms with Crippen LogP contribution in [0.1, 0.15) is 23.1 Å². The molecule has 1 aliphatic carbocycles. The van der Waals surface area contributed by atoms with E-state index in [9.17, 15) is 5.11 Å². The Bertz CT molecular complexity index is 740. The molecule has 2 aromatic rings. The van der Waals surface area contributed by atoms with Crippen LogP contribution in [-0.2, 0) is 20.9 Å². The van der Waals surface area contributed by atoms with Gasteiger partial charge in [0.1, 0.15) is 5.60 Å². The molecule has 3 nitrogen and oxygen atoms in total. The van der Waals surface area contributed by atoms with Gasteiger partial charge in [0.05, 0.1) is 12.5 Å². The number of ether oxygens (including phenoxy) is 2. The fourth-order valence-electron chi connectivity index (χ4n) is 3.98. The van der Waals surface area contributed by atoms with Gasteiger partial charge in [-0.1, -0.05) is 66.7 Å². The Morgan fingerprint density at radius 2 is 1.83 bits per heavy atom. The SMILES string of the molecule is CO[C@]1(c2ccccc2)OCC[C@@]2(O)c3ccccc3C=C[C@H]12. The second-order valence-electron chi connectivity index (χ2n) is 6.18. The van der Waals surface area contributed by atoms with Crippen LogP contribution in [0.4, 0.5) is 0 Å². The molecule has 0 saturated carbocycles. The molecule has 1 N–H and O–H groups in total. The van der Waals surface area contributed by atoms with E-state index < -0.39 is 11.4 Å². The Morgan fingerprint density at radius 1 is 1.09 bits per heavy atom. The van der Waals surface area contributed by atoms with Crippen molar-refractivity contribution in [2.45, 2.75) is 17.8 Å². The van der Waals surface area contributed by atoms with Gasteiger partial charge in [0.2, 0.25) is 5.79 Å². The molecule has 2 aromatic carbocycles. The van der Waals surface area contributed by atoms with Crippen molar-refractivity contribution in [1.82, 2.24) is 0 Å². The molecule has 0 amide bonds. The number of methoxy groups -OCH3 is 1. The van der Waals surface area contributed by atoms with Gasteiger partial charge in [0.25, 0.3) is 0 Å². The molecule has 0 radical (unpaired) electrons. The molecule has 3 atom stereocenters. The van der Waals surface area contributed by atoms with Gasteiger partial charge >= 0.3 is 0 Å². The molecular weight excluding hydrogens is 288 g/mol. The standard InChI is InChI=1S/C20H20O3/c1-22-20(16-8-3-2-4-9-16)18-12-11-15-7-5-6-10-17(15)19(18,21)13-14-23-20/h2-12,18,21H,13-14H2,1H3/t18-,19+,20+/m0/s1. The highest BCUT2D eigenvalue weighted by Crippen LogP contribution is 2.53. The molecule has 1 saturated heterocycles. The first-order valence-electron chi connectivity index (χ1n) is 7.95. The van der Waals surface area contributed by atoms with Crippen LogP contribution in [0.5, 0.6) is 0 Å². The first-order valence-corrected chi connectivity index (χ1v) is 7.95. The molecule has 2 aliphatic rings. The zero-order chi connectivity index (χ0) is 15.9. The van der Waals surface area contributed by atoms with Crippen LogP contribution in [0, 0.1) is 5.92 Å². The predicted molar refractivity (Wildman–Crippen MR) is 88.6 cm³/mol. The monoisotopic (exact) mass is 308 g/mol. The maximum Gasteiger partial charge on any atom is 0.204 e. The lowest BCUT2D eigenvalue weighted by Crippen LogP contribution is -2.55. The maximum absolute atomic E-state index is 11.6. The van der Waals surface area contributed by atoms with Gasteiger partial charge < -0.3 is 14.6 Å². The molecule has 1 fully saturated rings. The Labute approximate surface area is 136 Å². The summed E-state index contributed by atoms with van der Waals surface area (Å²) in [6, 6.07) is 17.9. The van der Waals surface area contributed by atoms with Crippen LogP contribution in [0.15, 0.2) is 60.7 Å². The zero-order valence-electron chi connectivity index (χ0n) is 13.1. The Kier molecular flexibility index (Phi) is 3.38. The summed E-state index contributed by atoms with van der Waals surface area (Å²) in [5, 5.41) is 11.6. The van der Waals surface area contributed by atoms with Gasteiger partial charge in [-0.05, 0) is 11.1 Å². The third-order valence-electron chi connectivity index (χ3n) is 5.10. The highest BCUT2D eigenvalue weighted by atomic mass is 16.7. The summed E-state index contributed by atoms with van der Waals surface area (Å²) in [5.74, 6) is -1.27. The Balaban J connectivity index is 1.90. The third-order valence-corrected chi connectivity index (χ3v) is 5.10. The summed E-state index contributed by atoms with van der Waals surface area (Å²) >= 11 is 0. The van der Waals surface area contributed by atoms with Crippen LogP contribution in [0.2, 0.25) is 0 Å². The van der Waals surface area contributed by atoms with Crippen molar-refractivity contribution >= 4 is 6.08 Å². The van der Waals surface area contributed by atoms with Crippen LogP contribution in [-0.4, -0.2) is 18.8 Å². The van der Waals surface area contributed by atoms with Crippen LogP contribution in [0.3, 0.4) is 0 Å². The van der Waals surface area contributed by atoms with Gasteiger partial charge in [0, 0.05) is 19.1 Å². The van der Waals surface area contributed by atoms with Crippen LogP contribution < -0.4 is 0 Å². The number of benzene rings is 2. The molecule has 1 aliphatic heterocycles. The van der Waals surface area contributed by atoms with E-state index in [1.54, 1.807) is 7.11 Å². The van der Waals surface area contributed by atoms with E-state index >= 15 is 0 Å². The number of fused-ring (bicyclic) bond motifs is 3. The van der Waals surface area contributed by atoms with E-state index in [0.717, 1.165) is 16.7 Å². The van der Waals surface area contributed by atoms with E-state index in [-0.39, 0.29) is 5.92 Å². The van der Waals surface area contributed by atoms with Crippen LogP contribution >= 0.6 is 0 Å². The molecule has 0 spiro atoms. The molecular formula is C20H20O3. The van der Waals surface area contributed by atoms with Crippen molar-refractivity contribution in [1.29, 1.82) is 0 Å². The average Bonchev–Trinajstić information content (AvgIpc) is 2.61. The van der Waals surface area contributed by atoms with Gasteiger partial charge in [0.15, 0.2) is 0 Å². The van der Waals surface area contributed by atoms with E-state index in [1.165, 1.54) is 0 Å². The second-order valence-corrected chi connectivity index (χ2v) is 6.18. The largest absolute Gasteiger partial charge is 0.384 e. The van der Waals surface area contributed by atoms with E-state index in [4.69, 9.17) is 9.47 Å². The minimum absolute atomic E-state index is 0.300. The second kappa shape index (κ2) is 5.31. The highest BCUT2D eigenvalue weighted by Gasteiger charge is 2.57. The summed E-state index contributed by atoms with van der Waals surface area (Å²) in [4.78, 5) is 0. The normalized spacial score (nSPS) is 32.2. The molecule has 118 valence electrons. The molecule has 4 rings (SSSR count). The number of hydrogen-bond acceptors (Lipinski definition) is 3. The summed E-state index contributed by atoms with van der Waals surface area (Å²) in [7, 11) is 1.65. The number of hydrogen-bond donors (Lipinski definition) is 1. The van der Waals surface area contributed by atoms with E-state index in [2.05, 4.69) is 6.08 Å². The first kappa shape index (κ1) is 14.6. The lowest BCUT2D eigenvalue weighted by atomic mass is 9.67. The van der Waals surface area contributed by atoms with E-state index in [0.29, 0.717) is 13.0 Å². The van der Waals surface area contributed by atoms with Crippen molar-refractivity contribution in [3.05, 3.63) is 77.4 Å². The Hall–Kier alpha value is -1.94. The number of aliphatic hydroxyl groups is 1. The van der Waals surface area contributed by atoms with Crippen molar-refractivity contribution in [3.8, 4) is 0 Å². The fourth-order valence-corrected chi connectivity index (χ4v) is 3.98. The molecule has 1 heterocycles. The molecule has 23 heavy (non-hydrogen) atoms. The van der Waals surface area contributed by atoms with E-state index in [1.807, 2.05) is 60.7 Å². The van der Waals surface area contributed by atoms with Crippen molar-refractivity contribution < 1.29 is 14.6 Å². The molecule has 0 aromatic heterocycles. The lowest BCUT2D eigenvalue weighted by molar-refractivity contribution is -0.317. The topological polar surface area (TPSA) is 38.7 Å². The van der Waals surface area contributed by atoms with Crippen LogP contribution in [0.25, 0.3) is 6.08 Å². The van der Waals surface area contributed by atoms with Gasteiger partial charge in [-0.15, -0.1) is 0 Å². The van der Waals surface area contributed by atoms with Crippen molar-refractivity contribution in [3.63, 3.8) is 0 Å². The smallest absolute Gasteiger partial charge is 0.204 e.